The third-order valence-corrected chi connectivity index (χ3v) is 12.1. The topological polar surface area (TPSA) is 78.9 Å². The third-order valence-electron chi connectivity index (χ3n) is 12.1. The molecule has 1 unspecified atom stereocenters. The number of unbranched alkanes of at least 4 members (excludes halogenated alkanes) is 26. The molecule has 394 valence electrons. The van der Waals surface area contributed by atoms with Crippen LogP contribution >= 0.6 is 0 Å². The highest BCUT2D eigenvalue weighted by Gasteiger charge is 2.19. The number of carbonyl (C=O) groups is 3. The van der Waals surface area contributed by atoms with Gasteiger partial charge in [-0.25, -0.2) is 0 Å². The molecule has 0 saturated heterocycles. The van der Waals surface area contributed by atoms with E-state index < -0.39 is 6.10 Å². The van der Waals surface area contributed by atoms with E-state index in [1.165, 1.54) is 116 Å². The molecule has 0 aromatic rings. The Morgan fingerprint density at radius 2 is 0.638 bits per heavy atom. The summed E-state index contributed by atoms with van der Waals surface area (Å²) in [4.78, 5) is 38.2. The molecule has 0 aliphatic heterocycles. The van der Waals surface area contributed by atoms with E-state index >= 15 is 0 Å². The fourth-order valence-corrected chi connectivity index (χ4v) is 7.84. The average molecular weight is 960 g/mol. The molecule has 0 amide bonds. The summed E-state index contributed by atoms with van der Waals surface area (Å²) in [7, 11) is 0. The number of esters is 3. The second-order valence-electron chi connectivity index (χ2n) is 18.8. The fraction of sp³-hybridized carbons (Fsp3) is 0.698. The van der Waals surface area contributed by atoms with Crippen LogP contribution in [0.3, 0.4) is 0 Å². The average Bonchev–Trinajstić information content (AvgIpc) is 3.35. The molecule has 0 aromatic heterocycles. The van der Waals surface area contributed by atoms with Gasteiger partial charge in [0.15, 0.2) is 6.10 Å². The minimum absolute atomic E-state index is 0.0906. The van der Waals surface area contributed by atoms with Crippen LogP contribution in [0.4, 0.5) is 0 Å². The van der Waals surface area contributed by atoms with Crippen LogP contribution in [-0.4, -0.2) is 37.2 Å². The van der Waals surface area contributed by atoms with Gasteiger partial charge in [-0.2, -0.15) is 0 Å². The Balaban J connectivity index is 4.43. The van der Waals surface area contributed by atoms with E-state index in [0.29, 0.717) is 19.3 Å². The SMILES string of the molecule is CC\C=C/C=C\C=C/CCCCCCCCCC(=O)OCC(COC(=O)CCCCCCCC/C=C\C/C=C\C/C=C\C/C=C\CC)OC(=O)CCCCCCCCC/C=C\CCCCCCCC. The van der Waals surface area contributed by atoms with Crippen LogP contribution < -0.4 is 0 Å². The van der Waals surface area contributed by atoms with Crippen LogP contribution in [-0.2, 0) is 28.6 Å². The minimum atomic E-state index is -0.792. The van der Waals surface area contributed by atoms with E-state index in [1.54, 1.807) is 0 Å². The van der Waals surface area contributed by atoms with Crippen molar-refractivity contribution < 1.29 is 28.6 Å². The summed E-state index contributed by atoms with van der Waals surface area (Å²) in [5.74, 6) is -0.916. The molecule has 6 nitrogen and oxygen atoms in total. The van der Waals surface area contributed by atoms with E-state index in [-0.39, 0.29) is 31.1 Å². The lowest BCUT2D eigenvalue weighted by atomic mass is 10.1. The molecule has 0 N–H and O–H groups in total. The van der Waals surface area contributed by atoms with Crippen molar-refractivity contribution in [1.29, 1.82) is 0 Å². The van der Waals surface area contributed by atoms with Crippen molar-refractivity contribution >= 4 is 17.9 Å². The van der Waals surface area contributed by atoms with Gasteiger partial charge in [-0.3, -0.25) is 14.4 Å². The van der Waals surface area contributed by atoms with Crippen LogP contribution in [0, 0.1) is 0 Å². The molecule has 0 aliphatic carbocycles. The van der Waals surface area contributed by atoms with E-state index in [2.05, 4.69) is 118 Å². The summed E-state index contributed by atoms with van der Waals surface area (Å²) in [6.07, 6.45) is 75.3. The summed E-state index contributed by atoms with van der Waals surface area (Å²) in [6, 6.07) is 0. The van der Waals surface area contributed by atoms with Crippen LogP contribution in [0.1, 0.15) is 265 Å². The molecule has 0 fully saturated rings. The first-order chi connectivity index (χ1) is 34.0. The van der Waals surface area contributed by atoms with E-state index in [1.807, 2.05) is 0 Å². The maximum absolute atomic E-state index is 12.9. The highest BCUT2D eigenvalue weighted by Crippen LogP contribution is 2.15. The monoisotopic (exact) mass is 959 g/mol. The van der Waals surface area contributed by atoms with Crippen LogP contribution in [0.15, 0.2) is 97.2 Å². The molecule has 0 aromatic carbocycles. The first kappa shape index (κ1) is 65.3. The van der Waals surface area contributed by atoms with Crippen LogP contribution in [0.25, 0.3) is 0 Å². The molecule has 0 heterocycles. The number of hydrogen-bond acceptors (Lipinski definition) is 6. The summed E-state index contributed by atoms with van der Waals surface area (Å²) in [6.45, 7) is 6.38. The molecular formula is C63H106O6. The highest BCUT2D eigenvalue weighted by molar-refractivity contribution is 5.71. The summed E-state index contributed by atoms with van der Waals surface area (Å²) in [5, 5.41) is 0. The molecule has 6 heteroatoms. The Morgan fingerprint density at radius 1 is 0.319 bits per heavy atom. The Bertz CT molecular complexity index is 1380. The molecule has 0 spiro atoms. The molecule has 0 radical (unpaired) electrons. The zero-order chi connectivity index (χ0) is 50.0. The molecule has 0 rings (SSSR count). The quantitative estimate of drug-likeness (QED) is 0.0199. The number of hydrogen-bond donors (Lipinski definition) is 0. The van der Waals surface area contributed by atoms with Gasteiger partial charge in [-0.1, -0.05) is 240 Å². The van der Waals surface area contributed by atoms with Gasteiger partial charge in [-0.05, 0) is 103 Å². The van der Waals surface area contributed by atoms with Gasteiger partial charge in [0, 0.05) is 19.3 Å². The first-order valence-electron chi connectivity index (χ1n) is 28.8. The van der Waals surface area contributed by atoms with Crippen molar-refractivity contribution in [2.75, 3.05) is 13.2 Å². The van der Waals surface area contributed by atoms with Crippen molar-refractivity contribution in [2.45, 2.75) is 271 Å². The van der Waals surface area contributed by atoms with Crippen LogP contribution in [0.5, 0.6) is 0 Å². The van der Waals surface area contributed by atoms with Gasteiger partial charge in [-0.15, -0.1) is 0 Å². The maximum atomic E-state index is 12.9. The predicted octanol–water partition coefficient (Wildman–Crippen LogP) is 19.3. The van der Waals surface area contributed by atoms with Gasteiger partial charge in [0.25, 0.3) is 0 Å². The molecule has 1 atom stereocenters. The largest absolute Gasteiger partial charge is 0.462 e. The Kier molecular flexibility index (Phi) is 53.9. The van der Waals surface area contributed by atoms with Crippen molar-refractivity contribution in [3.8, 4) is 0 Å². The smallest absolute Gasteiger partial charge is 0.306 e. The van der Waals surface area contributed by atoms with E-state index in [0.717, 1.165) is 109 Å². The second-order valence-corrected chi connectivity index (χ2v) is 18.8. The van der Waals surface area contributed by atoms with E-state index in [9.17, 15) is 14.4 Å². The summed E-state index contributed by atoms with van der Waals surface area (Å²) in [5.41, 5.74) is 0. The molecule has 0 saturated carbocycles. The normalized spacial score (nSPS) is 12.8. The van der Waals surface area contributed by atoms with Crippen LogP contribution in [0.2, 0.25) is 0 Å². The fourth-order valence-electron chi connectivity index (χ4n) is 7.84. The van der Waals surface area contributed by atoms with Crippen molar-refractivity contribution in [1.82, 2.24) is 0 Å². The van der Waals surface area contributed by atoms with E-state index in [4.69, 9.17) is 14.2 Å². The molecule has 0 aliphatic rings. The third kappa shape index (κ3) is 55.1. The van der Waals surface area contributed by atoms with Gasteiger partial charge in [0.1, 0.15) is 13.2 Å². The number of carbonyl (C=O) groups excluding carboxylic acids is 3. The highest BCUT2D eigenvalue weighted by atomic mass is 16.6. The van der Waals surface area contributed by atoms with Gasteiger partial charge < -0.3 is 14.2 Å². The summed E-state index contributed by atoms with van der Waals surface area (Å²) < 4.78 is 16.9. The minimum Gasteiger partial charge on any atom is -0.462 e. The van der Waals surface area contributed by atoms with Crippen molar-refractivity contribution in [3.05, 3.63) is 97.2 Å². The lowest BCUT2D eigenvalue weighted by molar-refractivity contribution is -0.167. The van der Waals surface area contributed by atoms with Gasteiger partial charge in [0.05, 0.1) is 0 Å². The Morgan fingerprint density at radius 3 is 1.06 bits per heavy atom. The summed E-state index contributed by atoms with van der Waals surface area (Å²) >= 11 is 0. The van der Waals surface area contributed by atoms with Gasteiger partial charge in [0.2, 0.25) is 0 Å². The maximum Gasteiger partial charge on any atom is 0.306 e. The lowest BCUT2D eigenvalue weighted by Gasteiger charge is -2.18. The molecular weight excluding hydrogens is 853 g/mol. The zero-order valence-corrected chi connectivity index (χ0v) is 45.0. The lowest BCUT2D eigenvalue weighted by Crippen LogP contribution is -2.30. The predicted molar refractivity (Wildman–Crippen MR) is 297 cm³/mol. The molecule has 69 heavy (non-hydrogen) atoms. The van der Waals surface area contributed by atoms with Gasteiger partial charge >= 0.3 is 17.9 Å². The zero-order valence-electron chi connectivity index (χ0n) is 45.0. The Labute approximate surface area is 426 Å². The number of rotatable bonds is 51. The Hall–Kier alpha value is -3.67. The first-order valence-corrected chi connectivity index (χ1v) is 28.8. The number of ether oxygens (including phenoxy) is 3. The second kappa shape index (κ2) is 56.9. The number of allylic oxidation sites excluding steroid dienone is 16. The van der Waals surface area contributed by atoms with Crippen molar-refractivity contribution in [3.63, 3.8) is 0 Å². The standard InChI is InChI=1S/C63H106O6/c1-4-7-10-13-16-19-22-25-28-30-31-33-35-38-41-44-47-50-53-56-62(65)68-59-60(58-67-61(64)55-52-49-46-43-40-37-34-27-24-21-18-15-12-9-6-3)69-63(66)57-54-51-48-45-42-39-36-32-29-26-23-20-17-14-11-8-5-2/h7,9-10,12,15-16,18-19,21,24-26,28-29,31,33,60H,4-6,8,11,13-14,17,20,22-23,27,30,32,34-59H2,1-3H3/b10-7-,12-9-,18-15-,19-16-,24-21-,28-25-,29-26-,33-31-. The van der Waals surface area contributed by atoms with Crippen molar-refractivity contribution in [2.24, 2.45) is 0 Å². The molecule has 0 bridgehead atoms.